The van der Waals surface area contributed by atoms with E-state index in [-0.39, 0.29) is 23.9 Å². The number of nitrogens with zero attached hydrogens (tertiary/aromatic N) is 1. The SMILES string of the molecule is CC(C)N1CCC(CC(=O)c2c(Cl)cccc2Cl)c2cc(F)ccc21. The average Bonchev–Trinajstić information content (AvgIpc) is 2.54. The molecule has 25 heavy (non-hydrogen) atoms. The Hall–Kier alpha value is -1.58. The van der Waals surface area contributed by atoms with E-state index in [4.69, 9.17) is 23.2 Å². The van der Waals surface area contributed by atoms with E-state index in [9.17, 15) is 9.18 Å². The summed E-state index contributed by atoms with van der Waals surface area (Å²) in [7, 11) is 0. The fourth-order valence-electron chi connectivity index (χ4n) is 3.52. The Morgan fingerprint density at radius 1 is 1.24 bits per heavy atom. The van der Waals surface area contributed by atoms with Crippen LogP contribution in [-0.4, -0.2) is 18.4 Å². The second-order valence-electron chi connectivity index (χ2n) is 6.70. The fraction of sp³-hybridized carbons (Fsp3) is 0.350. The lowest BCUT2D eigenvalue weighted by molar-refractivity contribution is 0.0972. The van der Waals surface area contributed by atoms with Gasteiger partial charge in [0.1, 0.15) is 5.82 Å². The maximum absolute atomic E-state index is 13.8. The molecule has 1 aliphatic heterocycles. The summed E-state index contributed by atoms with van der Waals surface area (Å²) in [5.41, 5.74) is 2.25. The summed E-state index contributed by atoms with van der Waals surface area (Å²) in [6.07, 6.45) is 1.06. The fourth-order valence-corrected chi connectivity index (χ4v) is 4.13. The highest BCUT2D eigenvalue weighted by Gasteiger charge is 2.29. The van der Waals surface area contributed by atoms with Gasteiger partial charge < -0.3 is 4.90 Å². The lowest BCUT2D eigenvalue weighted by Gasteiger charge is -2.38. The molecule has 0 N–H and O–H groups in total. The van der Waals surface area contributed by atoms with Crippen molar-refractivity contribution in [3.05, 3.63) is 63.4 Å². The van der Waals surface area contributed by atoms with Crippen LogP contribution < -0.4 is 4.90 Å². The smallest absolute Gasteiger partial charge is 0.166 e. The number of halogens is 3. The second-order valence-corrected chi connectivity index (χ2v) is 7.51. The summed E-state index contributed by atoms with van der Waals surface area (Å²) in [5, 5.41) is 0.716. The van der Waals surface area contributed by atoms with Crippen LogP contribution in [0, 0.1) is 5.82 Å². The Morgan fingerprint density at radius 2 is 1.92 bits per heavy atom. The van der Waals surface area contributed by atoms with Crippen LogP contribution in [0.4, 0.5) is 10.1 Å². The highest BCUT2D eigenvalue weighted by Crippen LogP contribution is 2.40. The van der Waals surface area contributed by atoms with Crippen LogP contribution in [0.5, 0.6) is 0 Å². The number of carbonyl (C=O) groups excluding carboxylic acids is 1. The van der Waals surface area contributed by atoms with Crippen LogP contribution in [0.1, 0.15) is 48.5 Å². The lowest BCUT2D eigenvalue weighted by atomic mass is 9.84. The summed E-state index contributed by atoms with van der Waals surface area (Å²) < 4.78 is 13.8. The predicted molar refractivity (Wildman–Crippen MR) is 102 cm³/mol. The van der Waals surface area contributed by atoms with E-state index in [0.717, 1.165) is 24.2 Å². The molecule has 132 valence electrons. The Kier molecular flexibility index (Phi) is 5.35. The summed E-state index contributed by atoms with van der Waals surface area (Å²) in [6.45, 7) is 5.06. The van der Waals surface area contributed by atoms with Gasteiger partial charge in [-0.15, -0.1) is 0 Å². The molecule has 0 spiro atoms. The molecular weight excluding hydrogens is 360 g/mol. The van der Waals surface area contributed by atoms with Crippen LogP contribution in [0.2, 0.25) is 10.0 Å². The van der Waals surface area contributed by atoms with Crippen LogP contribution in [0.25, 0.3) is 0 Å². The maximum atomic E-state index is 13.8. The van der Waals surface area contributed by atoms with Crippen LogP contribution in [-0.2, 0) is 0 Å². The third kappa shape index (κ3) is 3.68. The number of fused-ring (bicyclic) bond motifs is 1. The monoisotopic (exact) mass is 379 g/mol. The number of Topliss-reactive ketones (excluding diaryl/α,β-unsaturated/α-hetero) is 1. The molecule has 2 aromatic carbocycles. The molecule has 1 atom stereocenters. The Balaban J connectivity index is 1.92. The molecule has 3 rings (SSSR count). The summed E-state index contributed by atoms with van der Waals surface area (Å²) in [5.74, 6) is -0.424. The molecule has 5 heteroatoms. The molecule has 2 nitrogen and oxygen atoms in total. The lowest BCUT2D eigenvalue weighted by Crippen LogP contribution is -2.37. The molecule has 0 aliphatic carbocycles. The van der Waals surface area contributed by atoms with E-state index in [2.05, 4.69) is 18.7 Å². The second kappa shape index (κ2) is 7.35. The molecule has 1 unspecified atom stereocenters. The summed E-state index contributed by atoms with van der Waals surface area (Å²) in [4.78, 5) is 15.0. The molecule has 1 heterocycles. The van der Waals surface area contributed by atoms with E-state index in [0.29, 0.717) is 21.7 Å². The van der Waals surface area contributed by atoms with E-state index < -0.39 is 0 Å². The van der Waals surface area contributed by atoms with Gasteiger partial charge in [-0.1, -0.05) is 29.3 Å². The first-order chi connectivity index (χ1) is 11.9. The number of anilines is 1. The molecule has 0 amide bonds. The van der Waals surface area contributed by atoms with Crippen molar-refractivity contribution in [3.8, 4) is 0 Å². The molecule has 0 aromatic heterocycles. The first-order valence-electron chi connectivity index (χ1n) is 8.41. The number of benzene rings is 2. The topological polar surface area (TPSA) is 20.3 Å². The molecule has 1 aliphatic rings. The minimum absolute atomic E-state index is 0.0412. The number of hydrogen-bond donors (Lipinski definition) is 0. The van der Waals surface area contributed by atoms with E-state index >= 15 is 0 Å². The molecule has 0 radical (unpaired) electrons. The quantitative estimate of drug-likeness (QED) is 0.597. The third-order valence-corrected chi connectivity index (χ3v) is 5.38. The van der Waals surface area contributed by atoms with Gasteiger partial charge in [0, 0.05) is 24.7 Å². The van der Waals surface area contributed by atoms with Crippen molar-refractivity contribution in [1.82, 2.24) is 0 Å². The standard InChI is InChI=1S/C20H20Cl2FNO/c1-12(2)24-9-8-13(15-11-14(23)6-7-18(15)24)10-19(25)20-16(21)4-3-5-17(20)22/h3-7,11-13H,8-10H2,1-2H3. The first kappa shape index (κ1) is 18.2. The van der Waals surface area contributed by atoms with Gasteiger partial charge in [-0.3, -0.25) is 4.79 Å². The van der Waals surface area contributed by atoms with Crippen LogP contribution >= 0.6 is 23.2 Å². The van der Waals surface area contributed by atoms with Crippen LogP contribution in [0.15, 0.2) is 36.4 Å². The van der Waals surface area contributed by atoms with Crippen molar-refractivity contribution in [3.63, 3.8) is 0 Å². The molecule has 0 saturated heterocycles. The zero-order valence-electron chi connectivity index (χ0n) is 14.2. The zero-order chi connectivity index (χ0) is 18.1. The van der Waals surface area contributed by atoms with Gasteiger partial charge in [0.05, 0.1) is 15.6 Å². The Bertz CT molecular complexity index is 786. The van der Waals surface area contributed by atoms with Gasteiger partial charge in [0.15, 0.2) is 5.78 Å². The molecular formula is C20H20Cl2FNO. The van der Waals surface area contributed by atoms with E-state index in [1.54, 1.807) is 24.3 Å². The van der Waals surface area contributed by atoms with Gasteiger partial charge in [0.2, 0.25) is 0 Å². The summed E-state index contributed by atoms with van der Waals surface area (Å²) >= 11 is 12.3. The van der Waals surface area contributed by atoms with Gasteiger partial charge in [-0.25, -0.2) is 4.39 Å². The minimum atomic E-state index is -0.280. The van der Waals surface area contributed by atoms with Crippen LogP contribution in [0.3, 0.4) is 0 Å². The maximum Gasteiger partial charge on any atom is 0.166 e. The zero-order valence-corrected chi connectivity index (χ0v) is 15.7. The normalized spacial score (nSPS) is 16.9. The van der Waals surface area contributed by atoms with E-state index in [1.165, 1.54) is 6.07 Å². The van der Waals surface area contributed by atoms with Gasteiger partial charge in [-0.05, 0) is 62.1 Å². The Morgan fingerprint density at radius 3 is 2.56 bits per heavy atom. The van der Waals surface area contributed by atoms with Crippen molar-refractivity contribution in [2.75, 3.05) is 11.4 Å². The van der Waals surface area contributed by atoms with E-state index in [1.807, 2.05) is 6.07 Å². The summed E-state index contributed by atoms with van der Waals surface area (Å²) in [6, 6.07) is 10.2. The highest BCUT2D eigenvalue weighted by atomic mass is 35.5. The Labute approximate surface area is 157 Å². The molecule has 2 aromatic rings. The van der Waals surface area contributed by atoms with Gasteiger partial charge in [-0.2, -0.15) is 0 Å². The largest absolute Gasteiger partial charge is 0.369 e. The number of ketones is 1. The predicted octanol–water partition coefficient (Wildman–Crippen LogP) is 6.11. The average molecular weight is 380 g/mol. The van der Waals surface area contributed by atoms with Gasteiger partial charge in [0.25, 0.3) is 0 Å². The minimum Gasteiger partial charge on any atom is -0.369 e. The first-order valence-corrected chi connectivity index (χ1v) is 9.17. The van der Waals surface area contributed by atoms with Crippen molar-refractivity contribution in [2.24, 2.45) is 0 Å². The number of hydrogen-bond acceptors (Lipinski definition) is 2. The van der Waals surface area contributed by atoms with Crippen molar-refractivity contribution >= 4 is 34.7 Å². The van der Waals surface area contributed by atoms with Crippen molar-refractivity contribution in [2.45, 2.75) is 38.6 Å². The third-order valence-electron chi connectivity index (χ3n) is 4.75. The molecule has 0 bridgehead atoms. The van der Waals surface area contributed by atoms with Gasteiger partial charge >= 0.3 is 0 Å². The van der Waals surface area contributed by atoms with Crippen molar-refractivity contribution in [1.29, 1.82) is 0 Å². The number of rotatable bonds is 4. The molecule has 0 fully saturated rings. The highest BCUT2D eigenvalue weighted by molar-refractivity contribution is 6.39. The van der Waals surface area contributed by atoms with Crippen molar-refractivity contribution < 1.29 is 9.18 Å². The number of carbonyl (C=O) groups is 1. The molecule has 0 saturated carbocycles.